The molecule has 18 heavy (non-hydrogen) atoms. The standard InChI is InChI=1S/C10H11F2N5O/c1-16-4-8(13-6-16)10(18)15-7-2-14-17(3-7)5-9(11)12/h2-4,6,9H,5H2,1H3,(H,15,18). The largest absolute Gasteiger partial charge is 0.340 e. The van der Waals surface area contributed by atoms with Gasteiger partial charge in [0.2, 0.25) is 0 Å². The molecule has 0 aromatic carbocycles. The minimum atomic E-state index is -2.48. The summed E-state index contributed by atoms with van der Waals surface area (Å²) in [5.41, 5.74) is 0.602. The first-order valence-corrected chi connectivity index (χ1v) is 5.14. The Hall–Kier alpha value is -2.25. The first kappa shape index (κ1) is 12.2. The number of anilines is 1. The van der Waals surface area contributed by atoms with Crippen molar-refractivity contribution in [1.29, 1.82) is 0 Å². The van der Waals surface area contributed by atoms with Crippen LogP contribution in [0.3, 0.4) is 0 Å². The van der Waals surface area contributed by atoms with Gasteiger partial charge in [0.05, 0.1) is 18.2 Å². The van der Waals surface area contributed by atoms with Crippen LogP contribution in [0.2, 0.25) is 0 Å². The molecule has 0 atom stereocenters. The highest BCUT2D eigenvalue weighted by Gasteiger charge is 2.11. The molecule has 0 bridgehead atoms. The lowest BCUT2D eigenvalue weighted by Crippen LogP contribution is -2.12. The van der Waals surface area contributed by atoms with Crippen molar-refractivity contribution in [3.8, 4) is 0 Å². The van der Waals surface area contributed by atoms with E-state index in [-0.39, 0.29) is 5.69 Å². The zero-order valence-corrected chi connectivity index (χ0v) is 9.55. The summed E-state index contributed by atoms with van der Waals surface area (Å²) in [5, 5.41) is 6.23. The van der Waals surface area contributed by atoms with Crippen molar-refractivity contribution >= 4 is 11.6 Å². The first-order chi connectivity index (χ1) is 8.54. The molecule has 2 aromatic heterocycles. The van der Waals surface area contributed by atoms with Gasteiger partial charge in [0.25, 0.3) is 12.3 Å². The van der Waals surface area contributed by atoms with Gasteiger partial charge in [-0.3, -0.25) is 9.48 Å². The van der Waals surface area contributed by atoms with Crippen LogP contribution in [0.15, 0.2) is 24.9 Å². The van der Waals surface area contributed by atoms with Crippen molar-refractivity contribution in [2.75, 3.05) is 5.32 Å². The fourth-order valence-corrected chi connectivity index (χ4v) is 1.39. The Balaban J connectivity index is 2.01. The molecule has 0 spiro atoms. The molecule has 2 heterocycles. The second kappa shape index (κ2) is 4.94. The van der Waals surface area contributed by atoms with E-state index in [1.807, 2.05) is 0 Å². The van der Waals surface area contributed by atoms with E-state index in [2.05, 4.69) is 15.4 Å². The average Bonchev–Trinajstić information content (AvgIpc) is 2.87. The molecule has 0 saturated heterocycles. The Labute approximate surface area is 101 Å². The molecule has 0 fully saturated rings. The van der Waals surface area contributed by atoms with E-state index in [4.69, 9.17) is 0 Å². The average molecular weight is 255 g/mol. The van der Waals surface area contributed by atoms with Crippen molar-refractivity contribution in [1.82, 2.24) is 19.3 Å². The summed E-state index contributed by atoms with van der Waals surface area (Å²) in [6.45, 7) is -0.501. The lowest BCUT2D eigenvalue weighted by Gasteiger charge is -1.99. The number of amides is 1. The normalized spacial score (nSPS) is 10.9. The predicted molar refractivity (Wildman–Crippen MR) is 59.4 cm³/mol. The number of nitrogens with zero attached hydrogens (tertiary/aromatic N) is 4. The van der Waals surface area contributed by atoms with Crippen molar-refractivity contribution in [3.63, 3.8) is 0 Å². The highest BCUT2D eigenvalue weighted by molar-refractivity contribution is 6.02. The summed E-state index contributed by atoms with van der Waals surface area (Å²) < 4.78 is 26.9. The van der Waals surface area contributed by atoms with E-state index in [0.29, 0.717) is 5.69 Å². The molecule has 8 heteroatoms. The Morgan fingerprint density at radius 3 is 2.89 bits per heavy atom. The third kappa shape index (κ3) is 2.90. The molecule has 0 unspecified atom stereocenters. The smallest absolute Gasteiger partial charge is 0.275 e. The molecule has 1 amide bonds. The maximum absolute atomic E-state index is 12.1. The number of hydrogen-bond acceptors (Lipinski definition) is 3. The zero-order valence-electron chi connectivity index (χ0n) is 9.55. The lowest BCUT2D eigenvalue weighted by molar-refractivity contribution is 0.102. The summed E-state index contributed by atoms with van der Waals surface area (Å²) in [6, 6.07) is 0. The quantitative estimate of drug-likeness (QED) is 0.890. The molecule has 96 valence electrons. The van der Waals surface area contributed by atoms with E-state index < -0.39 is 18.9 Å². The summed E-state index contributed by atoms with van der Waals surface area (Å²) in [6.07, 6.45) is 3.22. The predicted octanol–water partition coefficient (Wildman–Crippen LogP) is 1.13. The van der Waals surface area contributed by atoms with Gasteiger partial charge in [-0.05, 0) is 0 Å². The summed E-state index contributed by atoms with van der Waals surface area (Å²) in [7, 11) is 1.74. The van der Waals surface area contributed by atoms with Gasteiger partial charge in [-0.2, -0.15) is 5.10 Å². The minimum absolute atomic E-state index is 0.249. The van der Waals surface area contributed by atoms with Crippen molar-refractivity contribution < 1.29 is 13.6 Å². The summed E-state index contributed by atoms with van der Waals surface area (Å²) in [4.78, 5) is 15.6. The van der Waals surface area contributed by atoms with E-state index in [9.17, 15) is 13.6 Å². The molecule has 0 saturated carbocycles. The van der Waals surface area contributed by atoms with Gasteiger partial charge >= 0.3 is 0 Å². The van der Waals surface area contributed by atoms with Crippen LogP contribution in [0.4, 0.5) is 14.5 Å². The Morgan fingerprint density at radius 1 is 1.50 bits per heavy atom. The van der Waals surface area contributed by atoms with Crippen LogP contribution in [-0.2, 0) is 13.6 Å². The lowest BCUT2D eigenvalue weighted by atomic mass is 10.4. The van der Waals surface area contributed by atoms with Crippen molar-refractivity contribution in [2.45, 2.75) is 13.0 Å². The molecule has 1 N–H and O–H groups in total. The fraction of sp³-hybridized carbons (Fsp3) is 0.300. The Kier molecular flexibility index (Phi) is 3.35. The van der Waals surface area contributed by atoms with Gasteiger partial charge in [0.1, 0.15) is 12.2 Å². The number of imidazole rings is 1. The van der Waals surface area contributed by atoms with E-state index in [0.717, 1.165) is 4.68 Å². The molecule has 2 rings (SSSR count). The molecule has 6 nitrogen and oxygen atoms in total. The number of halogens is 2. The highest BCUT2D eigenvalue weighted by Crippen LogP contribution is 2.08. The van der Waals surface area contributed by atoms with Crippen LogP contribution in [0.25, 0.3) is 0 Å². The zero-order chi connectivity index (χ0) is 13.1. The van der Waals surface area contributed by atoms with Gasteiger partial charge in [0.15, 0.2) is 0 Å². The number of nitrogens with one attached hydrogen (secondary N) is 1. The number of aromatic nitrogens is 4. The third-order valence-electron chi connectivity index (χ3n) is 2.15. The van der Waals surface area contributed by atoms with Crippen LogP contribution in [0, 0.1) is 0 Å². The molecular weight excluding hydrogens is 244 g/mol. The van der Waals surface area contributed by atoms with Crippen LogP contribution in [0.5, 0.6) is 0 Å². The molecule has 0 radical (unpaired) electrons. The van der Waals surface area contributed by atoms with Crippen LogP contribution < -0.4 is 5.32 Å². The maximum atomic E-state index is 12.1. The number of carbonyl (C=O) groups excluding carboxylic acids is 1. The van der Waals surface area contributed by atoms with E-state index >= 15 is 0 Å². The van der Waals surface area contributed by atoms with Gasteiger partial charge in [-0.15, -0.1) is 0 Å². The first-order valence-electron chi connectivity index (χ1n) is 5.14. The van der Waals surface area contributed by atoms with Crippen LogP contribution in [0.1, 0.15) is 10.5 Å². The van der Waals surface area contributed by atoms with Crippen LogP contribution >= 0.6 is 0 Å². The summed E-state index contributed by atoms with van der Waals surface area (Å²) in [5.74, 6) is -0.410. The van der Waals surface area contributed by atoms with E-state index in [1.165, 1.54) is 18.7 Å². The summed E-state index contributed by atoms with van der Waals surface area (Å²) >= 11 is 0. The monoisotopic (exact) mass is 255 g/mol. The van der Waals surface area contributed by atoms with Crippen molar-refractivity contribution in [2.24, 2.45) is 7.05 Å². The van der Waals surface area contributed by atoms with Gasteiger partial charge in [-0.25, -0.2) is 13.8 Å². The molecular formula is C10H11F2N5O. The Morgan fingerprint density at radius 2 is 2.28 bits per heavy atom. The van der Waals surface area contributed by atoms with Crippen molar-refractivity contribution in [3.05, 3.63) is 30.6 Å². The third-order valence-corrected chi connectivity index (χ3v) is 2.15. The second-order valence-electron chi connectivity index (χ2n) is 3.72. The topological polar surface area (TPSA) is 64.7 Å². The Bertz CT molecular complexity index is 548. The van der Waals surface area contributed by atoms with E-state index in [1.54, 1.807) is 17.8 Å². The van der Waals surface area contributed by atoms with Gasteiger partial charge < -0.3 is 9.88 Å². The highest BCUT2D eigenvalue weighted by atomic mass is 19.3. The molecule has 0 aliphatic heterocycles. The number of alkyl halides is 2. The van der Waals surface area contributed by atoms with Gasteiger partial charge in [0, 0.05) is 19.4 Å². The fourth-order valence-electron chi connectivity index (χ4n) is 1.39. The minimum Gasteiger partial charge on any atom is -0.340 e. The molecule has 0 aliphatic rings. The van der Waals surface area contributed by atoms with Crippen LogP contribution in [-0.4, -0.2) is 31.7 Å². The number of rotatable bonds is 4. The number of carbonyl (C=O) groups is 1. The SMILES string of the molecule is Cn1cnc(C(=O)Nc2cnn(CC(F)F)c2)c1. The molecule has 2 aromatic rings. The maximum Gasteiger partial charge on any atom is 0.275 e. The van der Waals surface area contributed by atoms with Gasteiger partial charge in [-0.1, -0.05) is 0 Å². The number of hydrogen-bond donors (Lipinski definition) is 1. The second-order valence-corrected chi connectivity index (χ2v) is 3.72. The number of aryl methyl sites for hydroxylation is 1. The molecule has 0 aliphatic carbocycles.